The molecule has 2 N–H and O–H groups in total. The molecule has 0 unspecified atom stereocenters. The van der Waals surface area contributed by atoms with E-state index < -0.39 is 5.91 Å². The van der Waals surface area contributed by atoms with Gasteiger partial charge in [0.15, 0.2) is 0 Å². The second-order valence-corrected chi connectivity index (χ2v) is 7.25. The standard InChI is InChI=1S/C19H22N2O3S/c1-24-14-8-6-13(7-9-14)15-5-3-2-4-12-21(15)19(23)17-11-10-16(25-17)18(20)22/h6-11,15H,2-5,12H2,1H3,(H2,20,22)/t15-/m1/s1. The molecule has 25 heavy (non-hydrogen) atoms. The summed E-state index contributed by atoms with van der Waals surface area (Å²) < 4.78 is 5.23. The van der Waals surface area contributed by atoms with E-state index in [9.17, 15) is 9.59 Å². The van der Waals surface area contributed by atoms with Crippen molar-refractivity contribution in [2.75, 3.05) is 13.7 Å². The van der Waals surface area contributed by atoms with E-state index in [1.54, 1.807) is 19.2 Å². The van der Waals surface area contributed by atoms with Crippen LogP contribution in [0.1, 0.15) is 56.6 Å². The van der Waals surface area contributed by atoms with Gasteiger partial charge in [0.05, 0.1) is 22.9 Å². The SMILES string of the molecule is COc1ccc([C@H]2CCCCCN2C(=O)c2ccc(C(N)=O)s2)cc1. The van der Waals surface area contributed by atoms with Crippen LogP contribution in [0.15, 0.2) is 36.4 Å². The third-order valence-corrected chi connectivity index (χ3v) is 5.66. The van der Waals surface area contributed by atoms with Gasteiger partial charge in [-0.3, -0.25) is 9.59 Å². The van der Waals surface area contributed by atoms with Crippen molar-refractivity contribution in [3.8, 4) is 5.75 Å². The van der Waals surface area contributed by atoms with E-state index in [1.807, 2.05) is 29.2 Å². The molecule has 1 aromatic heterocycles. The fourth-order valence-electron chi connectivity index (χ4n) is 3.25. The number of ether oxygens (including phenoxy) is 1. The average molecular weight is 358 g/mol. The van der Waals surface area contributed by atoms with E-state index in [1.165, 1.54) is 11.3 Å². The highest BCUT2D eigenvalue weighted by Gasteiger charge is 2.28. The molecule has 1 saturated heterocycles. The van der Waals surface area contributed by atoms with Crippen LogP contribution in [-0.4, -0.2) is 30.4 Å². The quantitative estimate of drug-likeness (QED) is 0.907. The van der Waals surface area contributed by atoms with Gasteiger partial charge in [-0.2, -0.15) is 0 Å². The van der Waals surface area contributed by atoms with Crippen molar-refractivity contribution < 1.29 is 14.3 Å². The second-order valence-electron chi connectivity index (χ2n) is 6.16. The zero-order valence-corrected chi connectivity index (χ0v) is 15.1. The lowest BCUT2D eigenvalue weighted by molar-refractivity contribution is 0.0686. The van der Waals surface area contributed by atoms with E-state index in [0.29, 0.717) is 9.75 Å². The van der Waals surface area contributed by atoms with Crippen molar-refractivity contribution in [2.24, 2.45) is 5.73 Å². The van der Waals surface area contributed by atoms with Crippen LogP contribution in [0.3, 0.4) is 0 Å². The maximum absolute atomic E-state index is 13.1. The molecule has 2 aromatic rings. The number of carbonyl (C=O) groups excluding carboxylic acids is 2. The number of hydrogen-bond donors (Lipinski definition) is 1. The lowest BCUT2D eigenvalue weighted by Gasteiger charge is -2.30. The largest absolute Gasteiger partial charge is 0.497 e. The molecule has 5 nitrogen and oxygen atoms in total. The molecule has 1 aromatic carbocycles. The third kappa shape index (κ3) is 3.85. The van der Waals surface area contributed by atoms with Gasteiger partial charge in [0.2, 0.25) is 0 Å². The van der Waals surface area contributed by atoms with E-state index >= 15 is 0 Å². The van der Waals surface area contributed by atoms with Crippen LogP contribution in [0, 0.1) is 0 Å². The minimum atomic E-state index is -0.494. The van der Waals surface area contributed by atoms with Crippen LogP contribution >= 0.6 is 11.3 Å². The maximum atomic E-state index is 13.1. The summed E-state index contributed by atoms with van der Waals surface area (Å²) in [5.74, 6) is 0.284. The number of hydrogen-bond acceptors (Lipinski definition) is 4. The molecule has 1 fully saturated rings. The molecule has 0 radical (unpaired) electrons. The molecule has 6 heteroatoms. The number of methoxy groups -OCH3 is 1. The van der Waals surface area contributed by atoms with Gasteiger partial charge >= 0.3 is 0 Å². The Morgan fingerprint density at radius 3 is 2.44 bits per heavy atom. The highest BCUT2D eigenvalue weighted by Crippen LogP contribution is 2.33. The summed E-state index contributed by atoms with van der Waals surface area (Å²) >= 11 is 1.17. The lowest BCUT2D eigenvalue weighted by atomic mass is 10.0. The van der Waals surface area contributed by atoms with Gasteiger partial charge in [0, 0.05) is 6.54 Å². The van der Waals surface area contributed by atoms with Gasteiger partial charge in [0.25, 0.3) is 11.8 Å². The first-order valence-corrected chi connectivity index (χ1v) is 9.26. The van der Waals surface area contributed by atoms with Crippen molar-refractivity contribution in [2.45, 2.75) is 31.7 Å². The molecule has 0 spiro atoms. The summed E-state index contributed by atoms with van der Waals surface area (Å²) in [6, 6.07) is 11.3. The molecule has 0 aliphatic carbocycles. The Kier molecular flexibility index (Phi) is 5.38. The number of primary amides is 1. The predicted molar refractivity (Wildman–Crippen MR) is 98.1 cm³/mol. The number of thiophene rings is 1. The molecule has 0 saturated carbocycles. The van der Waals surface area contributed by atoms with Gasteiger partial charge in [-0.25, -0.2) is 0 Å². The topological polar surface area (TPSA) is 72.6 Å². The zero-order valence-electron chi connectivity index (χ0n) is 14.2. The summed E-state index contributed by atoms with van der Waals surface area (Å²) in [7, 11) is 1.64. The molecule has 2 amide bonds. The Hall–Kier alpha value is -2.34. The first-order chi connectivity index (χ1) is 12.1. The van der Waals surface area contributed by atoms with Crippen LogP contribution in [-0.2, 0) is 0 Å². The molecular formula is C19H22N2O3S. The lowest BCUT2D eigenvalue weighted by Crippen LogP contribution is -2.34. The fraction of sp³-hybridized carbons (Fsp3) is 0.368. The zero-order chi connectivity index (χ0) is 17.8. The van der Waals surface area contributed by atoms with Crippen LogP contribution < -0.4 is 10.5 Å². The van der Waals surface area contributed by atoms with Gasteiger partial charge in [-0.15, -0.1) is 11.3 Å². The monoisotopic (exact) mass is 358 g/mol. The minimum absolute atomic E-state index is 0.0276. The highest BCUT2D eigenvalue weighted by molar-refractivity contribution is 7.15. The minimum Gasteiger partial charge on any atom is -0.497 e. The normalized spacial score (nSPS) is 17.8. The number of nitrogens with two attached hydrogens (primary N) is 1. The number of likely N-dealkylation sites (tertiary alicyclic amines) is 1. The molecule has 1 aliphatic heterocycles. The molecule has 1 aliphatic rings. The molecular weight excluding hydrogens is 336 g/mol. The van der Waals surface area contributed by atoms with Crippen LogP contribution in [0.2, 0.25) is 0 Å². The van der Waals surface area contributed by atoms with Gasteiger partial charge in [0.1, 0.15) is 5.75 Å². The highest BCUT2D eigenvalue weighted by atomic mass is 32.1. The number of amides is 2. The predicted octanol–water partition coefficient (Wildman–Crippen LogP) is 3.61. The van der Waals surface area contributed by atoms with Crippen molar-refractivity contribution >= 4 is 23.2 Å². The van der Waals surface area contributed by atoms with Gasteiger partial charge in [-0.1, -0.05) is 25.0 Å². The summed E-state index contributed by atoms with van der Waals surface area (Å²) in [6.07, 6.45) is 4.14. The van der Waals surface area contributed by atoms with E-state index in [2.05, 4.69) is 0 Å². The van der Waals surface area contributed by atoms with E-state index in [4.69, 9.17) is 10.5 Å². The number of rotatable bonds is 4. The van der Waals surface area contributed by atoms with Crippen molar-refractivity contribution in [3.63, 3.8) is 0 Å². The van der Waals surface area contributed by atoms with Gasteiger partial charge in [-0.05, 0) is 42.7 Å². The second kappa shape index (κ2) is 7.70. The molecule has 132 valence electrons. The summed E-state index contributed by atoms with van der Waals surface area (Å²) in [5.41, 5.74) is 6.42. The molecule has 3 rings (SSSR count). The Morgan fingerprint density at radius 1 is 1.08 bits per heavy atom. The first kappa shape index (κ1) is 17.5. The molecule has 0 bridgehead atoms. The van der Waals surface area contributed by atoms with E-state index in [-0.39, 0.29) is 11.9 Å². The Bertz CT molecular complexity index is 754. The maximum Gasteiger partial charge on any atom is 0.264 e. The first-order valence-electron chi connectivity index (χ1n) is 8.44. The third-order valence-electron chi connectivity index (χ3n) is 4.57. The number of benzene rings is 1. The molecule has 2 heterocycles. The summed E-state index contributed by atoms with van der Waals surface area (Å²) in [5, 5.41) is 0. The number of nitrogens with zero attached hydrogens (tertiary/aromatic N) is 1. The average Bonchev–Trinajstić information content (AvgIpc) is 3.00. The fourth-order valence-corrected chi connectivity index (χ4v) is 4.07. The van der Waals surface area contributed by atoms with Crippen LogP contribution in [0.25, 0.3) is 0 Å². The summed E-state index contributed by atoms with van der Waals surface area (Å²) in [4.78, 5) is 27.3. The van der Waals surface area contributed by atoms with Crippen molar-refractivity contribution in [1.82, 2.24) is 4.90 Å². The van der Waals surface area contributed by atoms with Crippen LogP contribution in [0.4, 0.5) is 0 Å². The number of carbonyl (C=O) groups is 2. The Labute approximate surface area is 151 Å². The van der Waals surface area contributed by atoms with Crippen molar-refractivity contribution in [3.05, 3.63) is 51.7 Å². The van der Waals surface area contributed by atoms with Crippen LogP contribution in [0.5, 0.6) is 5.75 Å². The summed E-state index contributed by atoms with van der Waals surface area (Å²) in [6.45, 7) is 0.722. The van der Waals surface area contributed by atoms with Gasteiger partial charge < -0.3 is 15.4 Å². The smallest absolute Gasteiger partial charge is 0.264 e. The van der Waals surface area contributed by atoms with Crippen molar-refractivity contribution in [1.29, 1.82) is 0 Å². The Balaban J connectivity index is 1.88. The van der Waals surface area contributed by atoms with E-state index in [0.717, 1.165) is 43.5 Å². The molecule has 1 atom stereocenters. The Morgan fingerprint density at radius 2 is 1.80 bits per heavy atom.